The molecule has 0 aliphatic rings. The van der Waals surface area contributed by atoms with Gasteiger partial charge in [0.2, 0.25) is 11.8 Å². The van der Waals surface area contributed by atoms with Crippen LogP contribution in [0.25, 0.3) is 11.1 Å². The van der Waals surface area contributed by atoms with E-state index in [0.717, 1.165) is 29.5 Å². The van der Waals surface area contributed by atoms with Gasteiger partial charge in [0.05, 0.1) is 12.0 Å². The topological polar surface area (TPSA) is 78.4 Å². The Labute approximate surface area is 214 Å². The predicted molar refractivity (Wildman–Crippen MR) is 145 cm³/mol. The van der Waals surface area contributed by atoms with Crippen molar-refractivity contribution in [1.29, 1.82) is 0 Å². The van der Waals surface area contributed by atoms with Crippen LogP contribution in [0, 0.1) is 5.92 Å². The van der Waals surface area contributed by atoms with Crippen LogP contribution in [0.5, 0.6) is 0 Å². The summed E-state index contributed by atoms with van der Waals surface area (Å²) in [6.45, 7) is 7.82. The molecule has 3 unspecified atom stereocenters. The molecular weight excluding hydrogens is 448 g/mol. The molecule has 5 heteroatoms. The molecule has 0 aliphatic heterocycles. The molecule has 0 spiro atoms. The van der Waals surface area contributed by atoms with E-state index in [1.807, 2.05) is 98.8 Å². The summed E-state index contributed by atoms with van der Waals surface area (Å²) >= 11 is 0. The minimum atomic E-state index is -1.09. The summed E-state index contributed by atoms with van der Waals surface area (Å²) in [5, 5.41) is 17.0. The molecule has 3 rings (SSSR count). The molecular formula is C31H36N2O3. The fourth-order valence-corrected chi connectivity index (χ4v) is 4.21. The highest BCUT2D eigenvalue weighted by Gasteiger charge is 2.30. The molecule has 3 aromatic rings. The zero-order valence-electron chi connectivity index (χ0n) is 21.1. The van der Waals surface area contributed by atoms with E-state index in [1.54, 1.807) is 0 Å². The van der Waals surface area contributed by atoms with Gasteiger partial charge in [-0.05, 0) is 35.1 Å². The Bertz CT molecular complexity index is 1110. The predicted octanol–water partition coefficient (Wildman–Crippen LogP) is 5.22. The second-order valence-corrected chi connectivity index (χ2v) is 8.97. The Morgan fingerprint density at radius 2 is 1.36 bits per heavy atom. The first-order valence-corrected chi connectivity index (χ1v) is 12.6. The fourth-order valence-electron chi connectivity index (χ4n) is 4.21. The normalized spacial score (nSPS) is 13.4. The van der Waals surface area contributed by atoms with E-state index in [2.05, 4.69) is 17.2 Å². The lowest BCUT2D eigenvalue weighted by molar-refractivity contribution is -0.132. The van der Waals surface area contributed by atoms with Crippen LogP contribution in [-0.2, 0) is 16.0 Å². The van der Waals surface area contributed by atoms with Gasteiger partial charge >= 0.3 is 0 Å². The number of amides is 2. The SMILES string of the molecule is C=CC(C(=O)NC(Cc1ccccc1)C(=O)NC(CC)CC)C(O)c1ccc(-c2ccccc2)cc1. The van der Waals surface area contributed by atoms with Crippen molar-refractivity contribution >= 4 is 11.8 Å². The molecule has 2 amide bonds. The van der Waals surface area contributed by atoms with Crippen molar-refractivity contribution in [3.8, 4) is 11.1 Å². The number of carbonyl (C=O) groups excluding carboxylic acids is 2. The van der Waals surface area contributed by atoms with E-state index in [0.29, 0.717) is 12.0 Å². The van der Waals surface area contributed by atoms with Crippen molar-refractivity contribution < 1.29 is 14.7 Å². The highest BCUT2D eigenvalue weighted by molar-refractivity contribution is 5.89. The summed E-state index contributed by atoms with van der Waals surface area (Å²) in [5.74, 6) is -1.58. The largest absolute Gasteiger partial charge is 0.387 e. The maximum Gasteiger partial charge on any atom is 0.243 e. The van der Waals surface area contributed by atoms with E-state index >= 15 is 0 Å². The average molecular weight is 485 g/mol. The van der Waals surface area contributed by atoms with Gasteiger partial charge in [-0.1, -0.05) is 105 Å². The van der Waals surface area contributed by atoms with Gasteiger partial charge in [0.15, 0.2) is 0 Å². The molecule has 36 heavy (non-hydrogen) atoms. The zero-order valence-corrected chi connectivity index (χ0v) is 21.1. The second-order valence-electron chi connectivity index (χ2n) is 8.97. The van der Waals surface area contributed by atoms with Crippen LogP contribution >= 0.6 is 0 Å². The molecule has 5 nitrogen and oxygen atoms in total. The highest BCUT2D eigenvalue weighted by Crippen LogP contribution is 2.27. The number of hydrogen-bond donors (Lipinski definition) is 3. The van der Waals surface area contributed by atoms with Crippen LogP contribution in [0.15, 0.2) is 97.6 Å². The molecule has 0 aliphatic carbocycles. The van der Waals surface area contributed by atoms with Gasteiger partial charge in [0.1, 0.15) is 6.04 Å². The molecule has 0 saturated heterocycles. The third-order valence-electron chi connectivity index (χ3n) is 6.50. The third-order valence-corrected chi connectivity index (χ3v) is 6.50. The van der Waals surface area contributed by atoms with E-state index < -0.39 is 24.0 Å². The molecule has 3 N–H and O–H groups in total. The quantitative estimate of drug-likeness (QED) is 0.308. The van der Waals surface area contributed by atoms with Gasteiger partial charge in [0.25, 0.3) is 0 Å². The van der Waals surface area contributed by atoms with Crippen molar-refractivity contribution in [2.24, 2.45) is 5.92 Å². The van der Waals surface area contributed by atoms with Gasteiger partial charge in [0, 0.05) is 12.5 Å². The summed E-state index contributed by atoms with van der Waals surface area (Å²) in [6, 6.07) is 26.3. The smallest absolute Gasteiger partial charge is 0.243 e. The maximum atomic E-state index is 13.3. The molecule has 0 aromatic heterocycles. The minimum Gasteiger partial charge on any atom is -0.387 e. The van der Waals surface area contributed by atoms with Gasteiger partial charge in [-0.2, -0.15) is 0 Å². The Hall–Kier alpha value is -3.70. The Morgan fingerprint density at radius 1 is 0.806 bits per heavy atom. The summed E-state index contributed by atoms with van der Waals surface area (Å²) in [4.78, 5) is 26.4. The van der Waals surface area contributed by atoms with Crippen molar-refractivity contribution in [3.05, 3.63) is 109 Å². The summed E-state index contributed by atoms with van der Waals surface area (Å²) in [7, 11) is 0. The van der Waals surface area contributed by atoms with Crippen LogP contribution in [0.3, 0.4) is 0 Å². The van der Waals surface area contributed by atoms with Gasteiger partial charge in [-0.3, -0.25) is 9.59 Å². The summed E-state index contributed by atoms with van der Waals surface area (Å²) in [6.07, 6.45) is 2.31. The highest BCUT2D eigenvalue weighted by atomic mass is 16.3. The number of aliphatic hydroxyl groups excluding tert-OH is 1. The zero-order chi connectivity index (χ0) is 25.9. The number of rotatable bonds is 12. The summed E-state index contributed by atoms with van der Waals surface area (Å²) in [5.41, 5.74) is 3.64. The molecule has 0 radical (unpaired) electrons. The van der Waals surface area contributed by atoms with Crippen LogP contribution in [0.1, 0.15) is 43.9 Å². The van der Waals surface area contributed by atoms with Crippen LogP contribution in [0.2, 0.25) is 0 Å². The Kier molecular flexibility index (Phi) is 10.0. The molecule has 0 fully saturated rings. The minimum absolute atomic E-state index is 0.0385. The first-order chi connectivity index (χ1) is 17.5. The van der Waals surface area contributed by atoms with Crippen LogP contribution < -0.4 is 10.6 Å². The van der Waals surface area contributed by atoms with E-state index in [4.69, 9.17) is 0 Å². The lowest BCUT2D eigenvalue weighted by atomic mass is 9.92. The number of carbonyl (C=O) groups is 2. The molecule has 0 heterocycles. The van der Waals surface area contributed by atoms with Crippen molar-refractivity contribution in [1.82, 2.24) is 10.6 Å². The standard InChI is InChI=1S/C31H36N2O3/c1-4-26(5-2)32-31(36)28(21-22-13-9-7-10-14-22)33-30(35)27(6-3)29(34)25-19-17-24(18-20-25)23-15-11-8-12-16-23/h6-20,26-29,34H,3-5,21H2,1-2H3,(H,32,36)(H,33,35). The first kappa shape index (κ1) is 26.9. The number of aliphatic hydroxyl groups is 1. The average Bonchev–Trinajstić information content (AvgIpc) is 2.92. The molecule has 0 bridgehead atoms. The Balaban J connectivity index is 1.75. The van der Waals surface area contributed by atoms with E-state index in [9.17, 15) is 14.7 Å². The fraction of sp³-hybridized carbons (Fsp3) is 0.290. The van der Waals surface area contributed by atoms with Gasteiger partial charge in [-0.15, -0.1) is 6.58 Å². The molecule has 3 aromatic carbocycles. The third kappa shape index (κ3) is 7.15. The van der Waals surface area contributed by atoms with Crippen LogP contribution in [-0.4, -0.2) is 29.0 Å². The number of nitrogens with one attached hydrogen (secondary N) is 2. The lowest BCUT2D eigenvalue weighted by Gasteiger charge is -2.25. The molecule has 188 valence electrons. The van der Waals surface area contributed by atoms with Gasteiger partial charge in [-0.25, -0.2) is 0 Å². The monoisotopic (exact) mass is 484 g/mol. The van der Waals surface area contributed by atoms with Crippen molar-refractivity contribution in [2.45, 2.75) is 51.3 Å². The molecule has 0 saturated carbocycles. The Morgan fingerprint density at radius 3 is 1.92 bits per heavy atom. The van der Waals surface area contributed by atoms with Gasteiger partial charge < -0.3 is 15.7 Å². The van der Waals surface area contributed by atoms with Crippen molar-refractivity contribution in [2.75, 3.05) is 0 Å². The van der Waals surface area contributed by atoms with Crippen LogP contribution in [0.4, 0.5) is 0 Å². The van der Waals surface area contributed by atoms with Crippen molar-refractivity contribution in [3.63, 3.8) is 0 Å². The van der Waals surface area contributed by atoms with E-state index in [-0.39, 0.29) is 11.9 Å². The lowest BCUT2D eigenvalue weighted by Crippen LogP contribution is -2.52. The first-order valence-electron chi connectivity index (χ1n) is 12.6. The number of hydrogen-bond acceptors (Lipinski definition) is 3. The maximum absolute atomic E-state index is 13.3. The summed E-state index contributed by atoms with van der Waals surface area (Å²) < 4.78 is 0. The van der Waals surface area contributed by atoms with E-state index in [1.165, 1.54) is 6.08 Å². The molecule has 3 atom stereocenters. The number of benzene rings is 3. The second kappa shape index (κ2) is 13.4.